The second kappa shape index (κ2) is 7.59. The molecular formula is C15H21NO3. The van der Waals surface area contributed by atoms with Crippen LogP contribution in [0.1, 0.15) is 24.5 Å². The zero-order chi connectivity index (χ0) is 14.3. The van der Waals surface area contributed by atoms with Crippen LogP contribution in [0.5, 0.6) is 5.75 Å². The third kappa shape index (κ3) is 5.14. The Balaban J connectivity index is 2.92. The molecule has 0 amide bonds. The van der Waals surface area contributed by atoms with Crippen LogP contribution in [0, 0.1) is 0 Å². The predicted octanol–water partition coefficient (Wildman–Crippen LogP) is 2.63. The first-order valence-electron chi connectivity index (χ1n) is 6.33. The van der Waals surface area contributed by atoms with Gasteiger partial charge in [-0.15, -0.1) is 0 Å². The second-order valence-corrected chi connectivity index (χ2v) is 4.48. The summed E-state index contributed by atoms with van der Waals surface area (Å²) in [5.74, 6) is -0.115. The van der Waals surface area contributed by atoms with E-state index in [4.69, 9.17) is 9.84 Å². The molecule has 0 saturated heterocycles. The van der Waals surface area contributed by atoms with Crippen molar-refractivity contribution in [2.24, 2.45) is 0 Å². The number of nitrogens with zero attached hydrogens (tertiary/aromatic N) is 1. The van der Waals surface area contributed by atoms with E-state index in [1.807, 2.05) is 18.2 Å². The molecule has 0 heterocycles. The lowest BCUT2D eigenvalue weighted by Crippen LogP contribution is -2.18. The largest absolute Gasteiger partial charge is 0.496 e. The Labute approximate surface area is 114 Å². The third-order valence-electron chi connectivity index (χ3n) is 2.77. The van der Waals surface area contributed by atoms with Crippen molar-refractivity contribution in [3.63, 3.8) is 0 Å². The molecule has 0 atom stereocenters. The summed E-state index contributed by atoms with van der Waals surface area (Å²) in [4.78, 5) is 12.7. The number of rotatable bonds is 7. The van der Waals surface area contributed by atoms with Crippen LogP contribution >= 0.6 is 0 Å². The highest BCUT2D eigenvalue weighted by Crippen LogP contribution is 2.22. The van der Waals surface area contributed by atoms with Crippen LogP contribution in [-0.4, -0.2) is 36.7 Å². The van der Waals surface area contributed by atoms with E-state index in [1.165, 1.54) is 0 Å². The Morgan fingerprint density at radius 1 is 1.47 bits per heavy atom. The molecule has 0 unspecified atom stereocenters. The molecule has 1 aromatic rings. The minimum Gasteiger partial charge on any atom is -0.496 e. The van der Waals surface area contributed by atoms with Gasteiger partial charge >= 0.3 is 5.97 Å². The van der Waals surface area contributed by atoms with E-state index < -0.39 is 5.97 Å². The smallest absolute Gasteiger partial charge is 0.328 e. The summed E-state index contributed by atoms with van der Waals surface area (Å²) >= 11 is 0. The van der Waals surface area contributed by atoms with Crippen LogP contribution in [0.15, 0.2) is 24.3 Å². The van der Waals surface area contributed by atoms with Crippen molar-refractivity contribution in [3.8, 4) is 5.75 Å². The number of carboxylic acid groups (broad SMARTS) is 1. The van der Waals surface area contributed by atoms with E-state index >= 15 is 0 Å². The monoisotopic (exact) mass is 263 g/mol. The van der Waals surface area contributed by atoms with Crippen LogP contribution in [0.3, 0.4) is 0 Å². The van der Waals surface area contributed by atoms with Gasteiger partial charge < -0.3 is 14.7 Å². The fourth-order valence-electron chi connectivity index (χ4n) is 1.94. The van der Waals surface area contributed by atoms with Crippen LogP contribution in [0.4, 0.5) is 0 Å². The van der Waals surface area contributed by atoms with Gasteiger partial charge in [-0.2, -0.15) is 0 Å². The van der Waals surface area contributed by atoms with Crippen molar-refractivity contribution in [3.05, 3.63) is 35.4 Å². The summed E-state index contributed by atoms with van der Waals surface area (Å²) in [7, 11) is 3.70. The molecule has 0 aliphatic carbocycles. The molecule has 0 spiro atoms. The minimum atomic E-state index is -0.944. The van der Waals surface area contributed by atoms with E-state index in [0.29, 0.717) is 0 Å². The maximum Gasteiger partial charge on any atom is 0.328 e. The van der Waals surface area contributed by atoms with Crippen molar-refractivity contribution in [1.29, 1.82) is 0 Å². The molecule has 0 fully saturated rings. The Kier molecular flexibility index (Phi) is 6.09. The Bertz CT molecular complexity index is 455. The van der Waals surface area contributed by atoms with E-state index in [0.717, 1.165) is 42.5 Å². The number of benzene rings is 1. The maximum absolute atomic E-state index is 10.5. The lowest BCUT2D eigenvalue weighted by molar-refractivity contribution is -0.131. The zero-order valence-electron chi connectivity index (χ0n) is 11.7. The summed E-state index contributed by atoms with van der Waals surface area (Å²) in [5, 5.41) is 8.64. The molecule has 0 saturated carbocycles. The van der Waals surface area contributed by atoms with E-state index in [-0.39, 0.29) is 0 Å². The predicted molar refractivity (Wildman–Crippen MR) is 76.3 cm³/mol. The van der Waals surface area contributed by atoms with E-state index in [2.05, 4.69) is 18.9 Å². The molecule has 1 aromatic carbocycles. The number of hydrogen-bond acceptors (Lipinski definition) is 3. The molecule has 4 nitrogen and oxygen atoms in total. The molecule has 19 heavy (non-hydrogen) atoms. The van der Waals surface area contributed by atoms with Crippen molar-refractivity contribution in [1.82, 2.24) is 4.90 Å². The normalized spacial score (nSPS) is 11.2. The van der Waals surface area contributed by atoms with E-state index in [9.17, 15) is 4.79 Å². The van der Waals surface area contributed by atoms with Gasteiger partial charge in [0.2, 0.25) is 0 Å². The van der Waals surface area contributed by atoms with Crippen molar-refractivity contribution < 1.29 is 14.6 Å². The lowest BCUT2D eigenvalue weighted by Gasteiger charge is -2.18. The molecule has 104 valence electrons. The van der Waals surface area contributed by atoms with Gasteiger partial charge in [0.15, 0.2) is 0 Å². The molecule has 1 N–H and O–H groups in total. The van der Waals surface area contributed by atoms with Crippen LogP contribution < -0.4 is 4.74 Å². The average molecular weight is 263 g/mol. The molecule has 1 rings (SSSR count). The van der Waals surface area contributed by atoms with Gasteiger partial charge in [0.25, 0.3) is 0 Å². The Morgan fingerprint density at radius 2 is 2.21 bits per heavy atom. The Hall–Kier alpha value is -1.81. The molecule has 0 bridgehead atoms. The standard InChI is InChI=1S/C15H21NO3/c1-4-9-16(2)11-13-10-12(6-8-15(17)18)5-7-14(13)19-3/h5-8,10H,4,9,11H2,1-3H3,(H,17,18)/b8-6+. The van der Waals surface area contributed by atoms with Gasteiger partial charge in [0.1, 0.15) is 5.75 Å². The fraction of sp³-hybridized carbons (Fsp3) is 0.400. The number of hydrogen-bond donors (Lipinski definition) is 1. The van der Waals surface area contributed by atoms with Gasteiger partial charge in [0.05, 0.1) is 7.11 Å². The highest BCUT2D eigenvalue weighted by atomic mass is 16.5. The first-order valence-corrected chi connectivity index (χ1v) is 6.33. The van der Waals surface area contributed by atoms with Gasteiger partial charge in [-0.1, -0.05) is 13.0 Å². The topological polar surface area (TPSA) is 49.8 Å². The zero-order valence-corrected chi connectivity index (χ0v) is 11.7. The van der Waals surface area contributed by atoms with Crippen LogP contribution in [0.2, 0.25) is 0 Å². The van der Waals surface area contributed by atoms with Gasteiger partial charge in [-0.05, 0) is 43.8 Å². The molecule has 0 radical (unpaired) electrons. The molecule has 0 aliphatic heterocycles. The van der Waals surface area contributed by atoms with Crippen LogP contribution in [0.25, 0.3) is 6.08 Å². The summed E-state index contributed by atoms with van der Waals surface area (Å²) in [6.45, 7) is 3.93. The molecule has 4 heteroatoms. The van der Waals surface area contributed by atoms with Gasteiger partial charge in [-0.25, -0.2) is 4.79 Å². The number of methoxy groups -OCH3 is 1. The average Bonchev–Trinajstić information content (AvgIpc) is 2.36. The molecule has 0 aromatic heterocycles. The van der Waals surface area contributed by atoms with Crippen molar-refractivity contribution >= 4 is 12.0 Å². The highest BCUT2D eigenvalue weighted by molar-refractivity contribution is 5.85. The summed E-state index contributed by atoms with van der Waals surface area (Å²) in [6, 6.07) is 5.68. The van der Waals surface area contributed by atoms with E-state index in [1.54, 1.807) is 13.2 Å². The quantitative estimate of drug-likeness (QED) is 0.768. The maximum atomic E-state index is 10.5. The third-order valence-corrected chi connectivity index (χ3v) is 2.77. The minimum absolute atomic E-state index is 0.783. The van der Waals surface area contributed by atoms with Gasteiger partial charge in [-0.3, -0.25) is 0 Å². The van der Waals surface area contributed by atoms with Crippen LogP contribution in [-0.2, 0) is 11.3 Å². The first-order chi connectivity index (χ1) is 9.06. The number of carboxylic acids is 1. The molecule has 0 aliphatic rings. The highest BCUT2D eigenvalue weighted by Gasteiger charge is 2.06. The van der Waals surface area contributed by atoms with Gasteiger partial charge in [0, 0.05) is 18.2 Å². The molecular weight excluding hydrogens is 242 g/mol. The second-order valence-electron chi connectivity index (χ2n) is 4.48. The lowest BCUT2D eigenvalue weighted by atomic mass is 10.1. The van der Waals surface area contributed by atoms with Crippen molar-refractivity contribution in [2.75, 3.05) is 20.7 Å². The first kappa shape index (κ1) is 15.2. The summed E-state index contributed by atoms with van der Waals surface area (Å²) in [5.41, 5.74) is 1.93. The fourth-order valence-corrected chi connectivity index (χ4v) is 1.94. The number of aliphatic carboxylic acids is 1. The summed E-state index contributed by atoms with van der Waals surface area (Å²) < 4.78 is 5.34. The Morgan fingerprint density at radius 3 is 2.79 bits per heavy atom. The number of ether oxygens (including phenoxy) is 1. The van der Waals surface area contributed by atoms with Crippen molar-refractivity contribution in [2.45, 2.75) is 19.9 Å². The number of carbonyl (C=O) groups is 1. The SMILES string of the molecule is CCCN(C)Cc1cc(/C=C/C(=O)O)ccc1OC. The summed E-state index contributed by atoms with van der Waals surface area (Å²) in [6.07, 6.45) is 3.82.